The van der Waals surface area contributed by atoms with E-state index in [1.54, 1.807) is 31.2 Å². The van der Waals surface area contributed by atoms with Crippen LogP contribution >= 0.6 is 0 Å². The van der Waals surface area contributed by atoms with Crippen molar-refractivity contribution in [3.63, 3.8) is 0 Å². The monoisotopic (exact) mass is 395 g/mol. The van der Waals surface area contributed by atoms with Crippen molar-refractivity contribution in [2.24, 2.45) is 0 Å². The van der Waals surface area contributed by atoms with Gasteiger partial charge in [0.1, 0.15) is 22.1 Å². The highest BCUT2D eigenvalue weighted by molar-refractivity contribution is 7.92. The summed E-state index contributed by atoms with van der Waals surface area (Å²) in [5.74, 6) is 0.367. The molecule has 0 unspecified atom stereocenters. The molecule has 0 saturated carbocycles. The predicted octanol–water partition coefficient (Wildman–Crippen LogP) is 2.45. The zero-order chi connectivity index (χ0) is 19.9. The minimum Gasteiger partial charge on any atom is -0.497 e. The fourth-order valence-corrected chi connectivity index (χ4v) is 3.43. The Balaban J connectivity index is 2.21. The Hall–Kier alpha value is -2.94. The van der Waals surface area contributed by atoms with Gasteiger partial charge in [0.15, 0.2) is 6.61 Å². The lowest BCUT2D eigenvalue weighted by Crippen LogP contribution is -2.15. The van der Waals surface area contributed by atoms with Crippen LogP contribution in [0.1, 0.15) is 6.92 Å². The van der Waals surface area contributed by atoms with Gasteiger partial charge in [0, 0.05) is 12.1 Å². The van der Waals surface area contributed by atoms with Gasteiger partial charge in [-0.1, -0.05) is 6.07 Å². The Labute approximate surface area is 158 Å². The van der Waals surface area contributed by atoms with E-state index in [9.17, 15) is 13.2 Å². The van der Waals surface area contributed by atoms with E-state index in [1.807, 2.05) is 0 Å². The fourth-order valence-electron chi connectivity index (χ4n) is 2.20. The summed E-state index contributed by atoms with van der Waals surface area (Å²) in [5, 5.41) is 0. The second-order valence-corrected chi connectivity index (χ2v) is 6.89. The minimum atomic E-state index is -3.95. The SMILES string of the molecule is CCOC(=O)COc1cccc(NS(=O)(=O)c2cc(OC)ccc2OC)c1. The van der Waals surface area contributed by atoms with E-state index >= 15 is 0 Å². The molecular weight excluding hydrogens is 374 g/mol. The molecule has 0 aliphatic carbocycles. The molecule has 1 N–H and O–H groups in total. The highest BCUT2D eigenvalue weighted by atomic mass is 32.2. The molecule has 2 rings (SSSR count). The number of nitrogens with one attached hydrogen (secondary N) is 1. The van der Waals surface area contributed by atoms with E-state index in [4.69, 9.17) is 18.9 Å². The third-order valence-corrected chi connectivity index (χ3v) is 4.81. The maximum absolute atomic E-state index is 12.8. The van der Waals surface area contributed by atoms with Crippen LogP contribution in [0.25, 0.3) is 0 Å². The normalized spacial score (nSPS) is 10.8. The topological polar surface area (TPSA) is 100 Å². The fraction of sp³-hybridized carbons (Fsp3) is 0.278. The van der Waals surface area contributed by atoms with Crippen LogP contribution in [-0.2, 0) is 19.6 Å². The van der Waals surface area contributed by atoms with Crippen molar-refractivity contribution in [2.45, 2.75) is 11.8 Å². The standard InChI is InChI=1S/C18H21NO7S/c1-4-25-18(20)12-26-15-7-5-6-13(10-15)19-27(21,22)17-11-14(23-2)8-9-16(17)24-3/h5-11,19H,4,12H2,1-3H3. The minimum absolute atomic E-state index is 0.0674. The predicted molar refractivity (Wildman–Crippen MR) is 98.9 cm³/mol. The summed E-state index contributed by atoms with van der Waals surface area (Å²) >= 11 is 0. The first-order chi connectivity index (χ1) is 12.9. The van der Waals surface area contributed by atoms with Gasteiger partial charge in [-0.25, -0.2) is 13.2 Å². The number of anilines is 1. The highest BCUT2D eigenvalue weighted by Gasteiger charge is 2.21. The lowest BCUT2D eigenvalue weighted by Gasteiger charge is -2.13. The number of sulfonamides is 1. The van der Waals surface area contributed by atoms with Crippen molar-refractivity contribution in [3.8, 4) is 17.2 Å². The molecule has 146 valence electrons. The first-order valence-electron chi connectivity index (χ1n) is 8.03. The lowest BCUT2D eigenvalue weighted by atomic mass is 10.3. The molecule has 0 aromatic heterocycles. The summed E-state index contributed by atoms with van der Waals surface area (Å²) in [5.41, 5.74) is 0.265. The molecule has 0 bridgehead atoms. The largest absolute Gasteiger partial charge is 0.497 e. The van der Waals surface area contributed by atoms with Gasteiger partial charge in [0.05, 0.1) is 26.5 Å². The molecule has 0 heterocycles. The number of carbonyl (C=O) groups is 1. The molecule has 0 spiro atoms. The Bertz CT molecular complexity index is 896. The Kier molecular flexibility index (Phi) is 6.89. The molecule has 8 nitrogen and oxygen atoms in total. The van der Waals surface area contributed by atoms with Gasteiger partial charge in [0.25, 0.3) is 10.0 Å². The van der Waals surface area contributed by atoms with Crippen LogP contribution in [0.15, 0.2) is 47.4 Å². The van der Waals surface area contributed by atoms with Crippen molar-refractivity contribution in [1.82, 2.24) is 0 Å². The Morgan fingerprint density at radius 2 is 1.81 bits per heavy atom. The lowest BCUT2D eigenvalue weighted by molar-refractivity contribution is -0.145. The number of methoxy groups -OCH3 is 2. The average Bonchev–Trinajstić information content (AvgIpc) is 2.66. The number of carbonyl (C=O) groups excluding carboxylic acids is 1. The maximum atomic E-state index is 12.8. The van der Waals surface area contributed by atoms with Crippen LogP contribution in [0, 0.1) is 0 Å². The van der Waals surface area contributed by atoms with E-state index in [-0.39, 0.29) is 29.5 Å². The number of hydrogen-bond acceptors (Lipinski definition) is 7. The van der Waals surface area contributed by atoms with Gasteiger partial charge in [-0.15, -0.1) is 0 Å². The van der Waals surface area contributed by atoms with Crippen LogP contribution in [-0.4, -0.2) is 41.8 Å². The molecular formula is C18H21NO7S. The molecule has 0 atom stereocenters. The van der Waals surface area contributed by atoms with Crippen LogP contribution in [0.3, 0.4) is 0 Å². The summed E-state index contributed by atoms with van der Waals surface area (Å²) in [4.78, 5) is 11.3. The van der Waals surface area contributed by atoms with Gasteiger partial charge < -0.3 is 18.9 Å². The van der Waals surface area contributed by atoms with Gasteiger partial charge in [0.2, 0.25) is 0 Å². The number of benzene rings is 2. The second kappa shape index (κ2) is 9.13. The van der Waals surface area contributed by atoms with Crippen molar-refractivity contribution < 1.29 is 32.2 Å². The number of ether oxygens (including phenoxy) is 4. The highest BCUT2D eigenvalue weighted by Crippen LogP contribution is 2.30. The second-order valence-electron chi connectivity index (χ2n) is 5.24. The smallest absolute Gasteiger partial charge is 0.344 e. The first-order valence-corrected chi connectivity index (χ1v) is 9.51. The molecule has 0 aliphatic rings. The zero-order valence-corrected chi connectivity index (χ0v) is 16.0. The third-order valence-electron chi connectivity index (χ3n) is 3.41. The van der Waals surface area contributed by atoms with Crippen LogP contribution < -0.4 is 18.9 Å². The summed E-state index contributed by atoms with van der Waals surface area (Å²) in [7, 11) is -1.13. The van der Waals surface area contributed by atoms with E-state index in [0.717, 1.165) is 0 Å². The van der Waals surface area contributed by atoms with Crippen molar-refractivity contribution in [3.05, 3.63) is 42.5 Å². The van der Waals surface area contributed by atoms with Gasteiger partial charge in [-0.05, 0) is 31.2 Å². The molecule has 0 saturated heterocycles. The summed E-state index contributed by atoms with van der Waals surface area (Å²) in [6.45, 7) is 1.68. The van der Waals surface area contributed by atoms with Crippen molar-refractivity contribution >= 4 is 21.7 Å². The van der Waals surface area contributed by atoms with E-state index in [1.165, 1.54) is 32.4 Å². The molecule has 2 aromatic carbocycles. The number of hydrogen-bond donors (Lipinski definition) is 1. The van der Waals surface area contributed by atoms with Crippen LogP contribution in [0.2, 0.25) is 0 Å². The Morgan fingerprint density at radius 3 is 2.48 bits per heavy atom. The van der Waals surface area contributed by atoms with Gasteiger partial charge in [-0.3, -0.25) is 4.72 Å². The van der Waals surface area contributed by atoms with E-state index in [0.29, 0.717) is 11.5 Å². The third kappa shape index (κ3) is 5.52. The molecule has 9 heteroatoms. The van der Waals surface area contributed by atoms with E-state index < -0.39 is 16.0 Å². The van der Waals surface area contributed by atoms with Gasteiger partial charge in [-0.2, -0.15) is 0 Å². The average molecular weight is 395 g/mol. The maximum Gasteiger partial charge on any atom is 0.344 e. The summed E-state index contributed by atoms with van der Waals surface area (Å²) in [6, 6.07) is 10.7. The van der Waals surface area contributed by atoms with E-state index in [2.05, 4.69) is 4.72 Å². The molecule has 27 heavy (non-hydrogen) atoms. The molecule has 0 aliphatic heterocycles. The number of rotatable bonds is 9. The molecule has 0 radical (unpaired) electrons. The van der Waals surface area contributed by atoms with Crippen LogP contribution in [0.5, 0.6) is 17.2 Å². The van der Waals surface area contributed by atoms with Gasteiger partial charge >= 0.3 is 5.97 Å². The summed E-state index contributed by atoms with van der Waals surface area (Å²) < 4.78 is 48.3. The molecule has 0 fully saturated rings. The Morgan fingerprint density at radius 1 is 1.04 bits per heavy atom. The van der Waals surface area contributed by atoms with Crippen LogP contribution in [0.4, 0.5) is 5.69 Å². The number of esters is 1. The molecule has 0 amide bonds. The first kappa shape index (κ1) is 20.4. The quantitative estimate of drug-likeness (QED) is 0.651. The molecule has 2 aromatic rings. The summed E-state index contributed by atoms with van der Waals surface area (Å²) in [6.07, 6.45) is 0. The zero-order valence-electron chi connectivity index (χ0n) is 15.2. The van der Waals surface area contributed by atoms with Crippen molar-refractivity contribution in [1.29, 1.82) is 0 Å². The van der Waals surface area contributed by atoms with Crippen molar-refractivity contribution in [2.75, 3.05) is 32.2 Å².